The Balaban J connectivity index is 1.96. The van der Waals surface area contributed by atoms with Gasteiger partial charge in [-0.15, -0.1) is 0 Å². The first-order valence-electron chi connectivity index (χ1n) is 5.78. The van der Waals surface area contributed by atoms with Crippen LogP contribution in [0.4, 0.5) is 0 Å². The van der Waals surface area contributed by atoms with E-state index in [0.29, 0.717) is 12.5 Å². The second kappa shape index (κ2) is 3.68. The maximum absolute atomic E-state index is 12.3. The first-order valence-corrected chi connectivity index (χ1v) is 7.22. The van der Waals surface area contributed by atoms with Gasteiger partial charge in [-0.05, 0) is 31.2 Å². The highest BCUT2D eigenvalue weighted by molar-refractivity contribution is 7.89. The lowest BCUT2D eigenvalue weighted by Gasteiger charge is -2.25. The third-order valence-corrected chi connectivity index (χ3v) is 5.64. The first-order chi connectivity index (χ1) is 8.07. The van der Waals surface area contributed by atoms with Crippen LogP contribution in [0.5, 0.6) is 0 Å². The molecule has 3 rings (SSSR count). The van der Waals surface area contributed by atoms with Crippen LogP contribution in [0.25, 0.3) is 0 Å². The highest BCUT2D eigenvalue weighted by Gasteiger charge is 2.44. The highest BCUT2D eigenvalue weighted by atomic mass is 32.2. The molecule has 0 amide bonds. The SMILES string of the molecule is O=c1ccc(S(=O)(=O)N2CC3CCC2C3)c[nH]1. The van der Waals surface area contributed by atoms with Gasteiger partial charge in [0.15, 0.2) is 0 Å². The second-order valence-electron chi connectivity index (χ2n) is 4.80. The fraction of sp³-hybridized carbons (Fsp3) is 0.545. The Hall–Kier alpha value is -1.14. The number of piperidine rings is 1. The molecular formula is C11H14N2O3S. The number of aromatic nitrogens is 1. The minimum Gasteiger partial charge on any atom is -0.328 e. The number of H-pyrrole nitrogens is 1. The molecule has 2 fully saturated rings. The summed E-state index contributed by atoms with van der Waals surface area (Å²) in [6.07, 6.45) is 4.38. The molecule has 17 heavy (non-hydrogen) atoms. The van der Waals surface area contributed by atoms with Gasteiger partial charge in [0.1, 0.15) is 0 Å². The largest absolute Gasteiger partial charge is 0.328 e. The van der Waals surface area contributed by atoms with Crippen LogP contribution in [-0.2, 0) is 10.0 Å². The number of nitrogens with zero attached hydrogens (tertiary/aromatic N) is 1. The van der Waals surface area contributed by atoms with Crippen LogP contribution in [0.1, 0.15) is 19.3 Å². The third kappa shape index (κ3) is 1.71. The molecule has 2 unspecified atom stereocenters. The molecule has 0 aromatic carbocycles. The standard InChI is InChI=1S/C11H14N2O3S/c14-11-4-3-10(6-12-11)17(15,16)13-7-8-1-2-9(13)5-8/h3-4,6,8-9H,1-2,5,7H2,(H,12,14). The van der Waals surface area contributed by atoms with E-state index in [0.717, 1.165) is 19.3 Å². The lowest BCUT2D eigenvalue weighted by Crippen LogP contribution is -2.37. The summed E-state index contributed by atoms with van der Waals surface area (Å²) in [4.78, 5) is 13.5. The smallest absolute Gasteiger partial charge is 0.247 e. The van der Waals surface area contributed by atoms with Crippen LogP contribution in [0.15, 0.2) is 28.0 Å². The van der Waals surface area contributed by atoms with Crippen molar-refractivity contribution in [1.29, 1.82) is 0 Å². The first kappa shape index (κ1) is 11.0. The Bertz CT molecular complexity index is 572. The van der Waals surface area contributed by atoms with Gasteiger partial charge in [0.2, 0.25) is 15.6 Å². The Morgan fingerprint density at radius 1 is 1.29 bits per heavy atom. The quantitative estimate of drug-likeness (QED) is 0.837. The summed E-state index contributed by atoms with van der Waals surface area (Å²) in [6.45, 7) is 0.631. The van der Waals surface area contributed by atoms with E-state index in [4.69, 9.17) is 0 Å². The van der Waals surface area contributed by atoms with Gasteiger partial charge in [-0.3, -0.25) is 4.79 Å². The number of nitrogens with one attached hydrogen (secondary N) is 1. The predicted octanol–water partition coefficient (Wildman–Crippen LogP) is 0.548. The summed E-state index contributed by atoms with van der Waals surface area (Å²) >= 11 is 0. The molecule has 1 saturated heterocycles. The van der Waals surface area contributed by atoms with Crippen molar-refractivity contribution < 1.29 is 8.42 Å². The van der Waals surface area contributed by atoms with Crippen LogP contribution in [0.2, 0.25) is 0 Å². The Kier molecular flexibility index (Phi) is 2.38. The number of sulfonamides is 1. The summed E-state index contributed by atoms with van der Waals surface area (Å²) in [5.74, 6) is 0.525. The van der Waals surface area contributed by atoms with Crippen molar-refractivity contribution in [1.82, 2.24) is 9.29 Å². The number of rotatable bonds is 2. The normalized spacial score (nSPS) is 28.7. The van der Waals surface area contributed by atoms with Crippen LogP contribution in [0, 0.1) is 5.92 Å². The minimum atomic E-state index is -3.42. The average Bonchev–Trinajstić information content (AvgIpc) is 2.91. The second-order valence-corrected chi connectivity index (χ2v) is 6.69. The van der Waals surface area contributed by atoms with Crippen molar-refractivity contribution in [2.24, 2.45) is 5.92 Å². The van der Waals surface area contributed by atoms with E-state index < -0.39 is 10.0 Å². The van der Waals surface area contributed by atoms with Crippen molar-refractivity contribution >= 4 is 10.0 Å². The highest BCUT2D eigenvalue weighted by Crippen LogP contribution is 2.40. The van der Waals surface area contributed by atoms with E-state index in [1.54, 1.807) is 4.31 Å². The molecule has 2 bridgehead atoms. The molecule has 0 spiro atoms. The molecule has 5 nitrogen and oxygen atoms in total. The molecule has 1 N–H and O–H groups in total. The zero-order valence-electron chi connectivity index (χ0n) is 9.30. The molecule has 1 aliphatic heterocycles. The number of fused-ring (bicyclic) bond motifs is 2. The van der Waals surface area contributed by atoms with Gasteiger partial charge in [0.25, 0.3) is 0 Å². The van der Waals surface area contributed by atoms with Crippen LogP contribution in [-0.4, -0.2) is 30.3 Å². The average molecular weight is 254 g/mol. The van der Waals surface area contributed by atoms with E-state index in [1.807, 2.05) is 0 Å². The summed E-state index contributed by atoms with van der Waals surface area (Å²) in [6, 6.07) is 2.79. The molecule has 6 heteroatoms. The zero-order valence-corrected chi connectivity index (χ0v) is 10.1. The van der Waals surface area contributed by atoms with Crippen molar-refractivity contribution in [2.75, 3.05) is 6.54 Å². The molecule has 1 saturated carbocycles. The summed E-state index contributed by atoms with van der Waals surface area (Å²) in [7, 11) is -3.42. The topological polar surface area (TPSA) is 70.2 Å². The molecule has 92 valence electrons. The number of aromatic amines is 1. The van der Waals surface area contributed by atoms with Gasteiger partial charge in [-0.25, -0.2) is 8.42 Å². The monoisotopic (exact) mass is 254 g/mol. The maximum atomic E-state index is 12.3. The lowest BCUT2D eigenvalue weighted by atomic mass is 10.1. The Morgan fingerprint density at radius 3 is 2.65 bits per heavy atom. The maximum Gasteiger partial charge on any atom is 0.247 e. The number of pyridine rings is 1. The molecule has 2 heterocycles. The van der Waals surface area contributed by atoms with Crippen molar-refractivity contribution in [3.63, 3.8) is 0 Å². The van der Waals surface area contributed by atoms with E-state index in [9.17, 15) is 13.2 Å². The van der Waals surface area contributed by atoms with Gasteiger partial charge in [0, 0.05) is 24.8 Å². The lowest BCUT2D eigenvalue weighted by molar-refractivity contribution is 0.333. The fourth-order valence-corrected chi connectivity index (χ4v) is 4.58. The van der Waals surface area contributed by atoms with Gasteiger partial charge in [0.05, 0.1) is 4.90 Å². The fourth-order valence-electron chi connectivity index (χ4n) is 2.87. The molecular weight excluding hydrogens is 240 g/mol. The molecule has 1 aliphatic carbocycles. The van der Waals surface area contributed by atoms with Gasteiger partial charge in [-0.2, -0.15) is 4.31 Å². The van der Waals surface area contributed by atoms with Crippen molar-refractivity contribution in [3.8, 4) is 0 Å². The molecule has 1 aromatic rings. The summed E-state index contributed by atoms with van der Waals surface area (Å²) < 4.78 is 26.3. The van der Waals surface area contributed by atoms with E-state index in [2.05, 4.69) is 4.98 Å². The Labute approximate surface area is 99.5 Å². The number of hydrogen-bond acceptors (Lipinski definition) is 3. The minimum absolute atomic E-state index is 0.164. The van der Waals surface area contributed by atoms with Crippen LogP contribution >= 0.6 is 0 Å². The third-order valence-electron chi connectivity index (χ3n) is 3.72. The summed E-state index contributed by atoms with van der Waals surface area (Å²) in [5, 5.41) is 0. The van der Waals surface area contributed by atoms with E-state index in [-0.39, 0.29) is 16.5 Å². The molecule has 2 atom stereocenters. The zero-order chi connectivity index (χ0) is 12.0. The van der Waals surface area contributed by atoms with Crippen molar-refractivity contribution in [2.45, 2.75) is 30.2 Å². The van der Waals surface area contributed by atoms with Crippen LogP contribution < -0.4 is 5.56 Å². The van der Waals surface area contributed by atoms with E-state index >= 15 is 0 Å². The molecule has 2 aliphatic rings. The molecule has 0 radical (unpaired) electrons. The van der Waals surface area contributed by atoms with Gasteiger partial charge < -0.3 is 4.98 Å². The Morgan fingerprint density at radius 2 is 2.12 bits per heavy atom. The summed E-state index contributed by atoms with van der Waals surface area (Å²) in [5.41, 5.74) is -0.285. The van der Waals surface area contributed by atoms with E-state index in [1.165, 1.54) is 18.3 Å². The van der Waals surface area contributed by atoms with Gasteiger partial charge >= 0.3 is 0 Å². The van der Waals surface area contributed by atoms with Crippen LogP contribution in [0.3, 0.4) is 0 Å². The van der Waals surface area contributed by atoms with Crippen molar-refractivity contribution in [3.05, 3.63) is 28.7 Å². The predicted molar refractivity (Wildman–Crippen MR) is 62.1 cm³/mol. The van der Waals surface area contributed by atoms with Gasteiger partial charge in [-0.1, -0.05) is 0 Å². The molecule has 1 aromatic heterocycles. The number of hydrogen-bond donors (Lipinski definition) is 1.